The lowest BCUT2D eigenvalue weighted by atomic mass is 10.3. The second-order valence-corrected chi connectivity index (χ2v) is 6.03. The Hall–Kier alpha value is 1.54. The summed E-state index contributed by atoms with van der Waals surface area (Å²) < 4.78 is 0.195. The summed E-state index contributed by atoms with van der Waals surface area (Å²) in [6.07, 6.45) is 2.99. The molecule has 0 aliphatic rings. The molecular formula is C5H8Br2Cl2. The van der Waals surface area contributed by atoms with Crippen LogP contribution in [-0.4, -0.2) is 8.57 Å². The second-order valence-electron chi connectivity index (χ2n) is 1.71. The van der Waals surface area contributed by atoms with Gasteiger partial charge in [-0.25, -0.2) is 0 Å². The summed E-state index contributed by atoms with van der Waals surface area (Å²) in [5.41, 5.74) is 0. The normalized spacial score (nSPS) is 17.3. The summed E-state index contributed by atoms with van der Waals surface area (Å²) in [7, 11) is 0. The quantitative estimate of drug-likeness (QED) is 0.686. The SMILES string of the molecule is ClC(Br)CCCC(Cl)Br. The molecule has 0 bridgehead atoms. The first-order chi connectivity index (χ1) is 4.13. The summed E-state index contributed by atoms with van der Waals surface area (Å²) in [4.78, 5) is 0. The highest BCUT2D eigenvalue weighted by Gasteiger charge is 2.00. The van der Waals surface area contributed by atoms with Gasteiger partial charge >= 0.3 is 0 Å². The topological polar surface area (TPSA) is 0 Å². The van der Waals surface area contributed by atoms with Crippen LogP contribution in [0.2, 0.25) is 0 Å². The Balaban J connectivity index is 2.91. The Kier molecular flexibility index (Phi) is 7.33. The molecule has 0 fully saturated rings. The molecule has 0 radical (unpaired) electrons. The van der Waals surface area contributed by atoms with Crippen molar-refractivity contribution in [2.75, 3.05) is 0 Å². The minimum absolute atomic E-state index is 0.0976. The highest BCUT2D eigenvalue weighted by Crippen LogP contribution is 2.18. The molecule has 0 N–H and O–H groups in total. The van der Waals surface area contributed by atoms with Gasteiger partial charge in [0.05, 0.1) is 8.57 Å². The van der Waals surface area contributed by atoms with Gasteiger partial charge < -0.3 is 0 Å². The van der Waals surface area contributed by atoms with Crippen LogP contribution in [0.5, 0.6) is 0 Å². The first-order valence-electron chi connectivity index (χ1n) is 2.69. The van der Waals surface area contributed by atoms with Crippen LogP contribution in [0.25, 0.3) is 0 Å². The molecule has 0 aromatic heterocycles. The van der Waals surface area contributed by atoms with E-state index in [1.165, 1.54) is 0 Å². The Morgan fingerprint density at radius 3 is 1.56 bits per heavy atom. The van der Waals surface area contributed by atoms with Crippen molar-refractivity contribution >= 4 is 55.1 Å². The third kappa shape index (κ3) is 9.54. The molecule has 0 saturated heterocycles. The van der Waals surface area contributed by atoms with Crippen LogP contribution in [0.4, 0.5) is 0 Å². The number of halogens is 4. The van der Waals surface area contributed by atoms with E-state index >= 15 is 0 Å². The van der Waals surface area contributed by atoms with E-state index < -0.39 is 0 Å². The summed E-state index contributed by atoms with van der Waals surface area (Å²) >= 11 is 17.7. The van der Waals surface area contributed by atoms with E-state index in [1.807, 2.05) is 0 Å². The van der Waals surface area contributed by atoms with Gasteiger partial charge in [-0.3, -0.25) is 0 Å². The van der Waals surface area contributed by atoms with Crippen LogP contribution < -0.4 is 0 Å². The number of rotatable bonds is 4. The van der Waals surface area contributed by atoms with E-state index in [-0.39, 0.29) is 8.57 Å². The van der Waals surface area contributed by atoms with Crippen LogP contribution in [0, 0.1) is 0 Å². The van der Waals surface area contributed by atoms with Crippen molar-refractivity contribution in [3.63, 3.8) is 0 Å². The maximum absolute atomic E-state index is 5.62. The summed E-state index contributed by atoms with van der Waals surface area (Å²) in [5, 5.41) is 0. The zero-order valence-corrected chi connectivity index (χ0v) is 9.47. The Labute approximate surface area is 82.5 Å². The minimum atomic E-state index is 0.0976. The number of alkyl halides is 4. The van der Waals surface area contributed by atoms with E-state index in [1.54, 1.807) is 0 Å². The molecule has 0 rings (SSSR count). The molecule has 56 valence electrons. The van der Waals surface area contributed by atoms with Gasteiger partial charge in [-0.1, -0.05) is 31.9 Å². The van der Waals surface area contributed by atoms with Crippen LogP contribution in [0.3, 0.4) is 0 Å². The van der Waals surface area contributed by atoms with Crippen LogP contribution in [-0.2, 0) is 0 Å². The molecule has 2 atom stereocenters. The Morgan fingerprint density at radius 2 is 1.33 bits per heavy atom. The molecular weight excluding hydrogens is 291 g/mol. The van der Waals surface area contributed by atoms with E-state index in [4.69, 9.17) is 23.2 Å². The van der Waals surface area contributed by atoms with Gasteiger partial charge in [0.15, 0.2) is 0 Å². The molecule has 0 nitrogen and oxygen atoms in total. The molecule has 0 saturated carbocycles. The third-order valence-electron chi connectivity index (χ3n) is 0.845. The van der Waals surface area contributed by atoms with Gasteiger partial charge in [0.2, 0.25) is 0 Å². The average Bonchev–Trinajstić information content (AvgIpc) is 1.63. The lowest BCUT2D eigenvalue weighted by Crippen LogP contribution is -1.90. The van der Waals surface area contributed by atoms with Crippen LogP contribution in [0.15, 0.2) is 0 Å². The van der Waals surface area contributed by atoms with E-state index in [0.717, 1.165) is 19.3 Å². The minimum Gasteiger partial charge on any atom is -0.110 e. The van der Waals surface area contributed by atoms with Crippen molar-refractivity contribution in [2.45, 2.75) is 27.8 Å². The largest absolute Gasteiger partial charge is 0.110 e. The van der Waals surface area contributed by atoms with Gasteiger partial charge in [0.25, 0.3) is 0 Å². The monoisotopic (exact) mass is 296 g/mol. The van der Waals surface area contributed by atoms with Crippen molar-refractivity contribution in [3.8, 4) is 0 Å². The Morgan fingerprint density at radius 1 is 1.00 bits per heavy atom. The van der Waals surface area contributed by atoms with E-state index in [2.05, 4.69) is 31.9 Å². The molecule has 0 amide bonds. The predicted octanol–water partition coefficient (Wildman–Crippen LogP) is 4.08. The zero-order valence-electron chi connectivity index (χ0n) is 4.79. The molecule has 0 aliphatic carbocycles. The second kappa shape index (κ2) is 6.26. The van der Waals surface area contributed by atoms with Crippen molar-refractivity contribution in [1.29, 1.82) is 0 Å². The van der Waals surface area contributed by atoms with Crippen molar-refractivity contribution in [3.05, 3.63) is 0 Å². The highest BCUT2D eigenvalue weighted by molar-refractivity contribution is 9.10. The van der Waals surface area contributed by atoms with Crippen LogP contribution in [0.1, 0.15) is 19.3 Å². The molecule has 0 aromatic carbocycles. The summed E-state index contributed by atoms with van der Waals surface area (Å²) in [5.74, 6) is 0. The van der Waals surface area contributed by atoms with Crippen molar-refractivity contribution in [2.24, 2.45) is 0 Å². The van der Waals surface area contributed by atoms with E-state index in [0.29, 0.717) is 0 Å². The van der Waals surface area contributed by atoms with Gasteiger partial charge in [-0.05, 0) is 19.3 Å². The van der Waals surface area contributed by atoms with Crippen molar-refractivity contribution < 1.29 is 0 Å². The fraction of sp³-hybridized carbons (Fsp3) is 1.00. The number of hydrogen-bond donors (Lipinski definition) is 0. The number of hydrogen-bond acceptors (Lipinski definition) is 0. The molecule has 4 heteroatoms. The molecule has 0 aliphatic heterocycles. The molecule has 9 heavy (non-hydrogen) atoms. The van der Waals surface area contributed by atoms with Crippen molar-refractivity contribution in [1.82, 2.24) is 0 Å². The molecule has 2 unspecified atom stereocenters. The highest BCUT2D eigenvalue weighted by atomic mass is 79.9. The maximum Gasteiger partial charge on any atom is 0.0886 e. The fourth-order valence-electron chi connectivity index (χ4n) is 0.426. The molecule has 0 spiro atoms. The average molecular weight is 299 g/mol. The molecule has 0 aromatic rings. The summed E-state index contributed by atoms with van der Waals surface area (Å²) in [6, 6.07) is 0. The third-order valence-corrected chi connectivity index (χ3v) is 2.20. The van der Waals surface area contributed by atoms with Crippen LogP contribution >= 0.6 is 55.1 Å². The smallest absolute Gasteiger partial charge is 0.0886 e. The lowest BCUT2D eigenvalue weighted by Gasteiger charge is -2.00. The Bertz CT molecular complexity index is 58.0. The fourth-order valence-corrected chi connectivity index (χ4v) is 1.38. The summed E-state index contributed by atoms with van der Waals surface area (Å²) in [6.45, 7) is 0. The molecule has 0 heterocycles. The van der Waals surface area contributed by atoms with E-state index in [9.17, 15) is 0 Å². The maximum atomic E-state index is 5.62. The first-order valence-corrected chi connectivity index (χ1v) is 5.39. The van der Waals surface area contributed by atoms with Gasteiger partial charge in [0, 0.05) is 0 Å². The lowest BCUT2D eigenvalue weighted by molar-refractivity contribution is 0.756. The predicted molar refractivity (Wildman–Crippen MR) is 51.0 cm³/mol. The first kappa shape index (κ1) is 10.5. The van der Waals surface area contributed by atoms with Gasteiger partial charge in [-0.15, -0.1) is 23.2 Å². The standard InChI is InChI=1S/C5H8Br2Cl2/c6-4(8)2-1-3-5(7)9/h4-5H,1-3H2. The van der Waals surface area contributed by atoms with Gasteiger partial charge in [0.1, 0.15) is 0 Å². The van der Waals surface area contributed by atoms with Gasteiger partial charge in [-0.2, -0.15) is 0 Å². The zero-order chi connectivity index (χ0) is 7.28.